The number of methoxy groups -OCH3 is 1. The summed E-state index contributed by atoms with van der Waals surface area (Å²) in [6.45, 7) is -0.0833. The normalized spacial score (nSPS) is 10.7. The number of aromatic nitrogens is 3. The van der Waals surface area contributed by atoms with Crippen molar-refractivity contribution >= 4 is 28.9 Å². The summed E-state index contributed by atoms with van der Waals surface area (Å²) in [5, 5.41) is 7.03. The maximum absolute atomic E-state index is 12.2. The number of hydrogen-bond donors (Lipinski definition) is 0. The van der Waals surface area contributed by atoms with Crippen LogP contribution in [0.2, 0.25) is 5.02 Å². The molecular formula is C21H16ClN3O4S. The fourth-order valence-electron chi connectivity index (χ4n) is 2.65. The molecule has 2 aromatic heterocycles. The highest BCUT2D eigenvalue weighted by Gasteiger charge is 2.14. The van der Waals surface area contributed by atoms with Crippen LogP contribution in [-0.2, 0) is 22.6 Å². The quantitative estimate of drug-likeness (QED) is 0.380. The number of ether oxygens (including phenoxy) is 2. The van der Waals surface area contributed by atoms with Gasteiger partial charge in [0.15, 0.2) is 6.61 Å². The SMILES string of the molecule is COc1ccc(-c2nc(COC(=O)Cc3csc(-c4ccccc4Cl)n3)no2)cc1. The van der Waals surface area contributed by atoms with Crippen molar-refractivity contribution in [3.05, 3.63) is 70.5 Å². The highest BCUT2D eigenvalue weighted by Crippen LogP contribution is 2.30. The molecule has 0 fully saturated rings. The Morgan fingerprint density at radius 3 is 2.70 bits per heavy atom. The third-order valence-electron chi connectivity index (χ3n) is 4.15. The molecule has 9 heteroatoms. The average Bonchev–Trinajstić information content (AvgIpc) is 3.42. The van der Waals surface area contributed by atoms with Gasteiger partial charge in [0.05, 0.1) is 24.2 Å². The molecule has 4 rings (SSSR count). The number of nitrogens with zero attached hydrogens (tertiary/aromatic N) is 3. The molecule has 0 unspecified atom stereocenters. The lowest BCUT2D eigenvalue weighted by atomic mass is 10.2. The van der Waals surface area contributed by atoms with Gasteiger partial charge in [-0.1, -0.05) is 35.0 Å². The second kappa shape index (κ2) is 9.06. The Labute approximate surface area is 181 Å². The van der Waals surface area contributed by atoms with Gasteiger partial charge in [-0.25, -0.2) is 4.98 Å². The van der Waals surface area contributed by atoms with Crippen molar-refractivity contribution in [2.45, 2.75) is 13.0 Å². The predicted octanol–water partition coefficient (Wildman–Crippen LogP) is 4.81. The Bertz CT molecular complexity index is 1160. The molecule has 0 aliphatic carbocycles. The lowest BCUT2D eigenvalue weighted by Gasteiger charge is -2.00. The molecule has 0 aliphatic rings. The lowest BCUT2D eigenvalue weighted by Crippen LogP contribution is -2.09. The van der Waals surface area contributed by atoms with Crippen LogP contribution in [0.15, 0.2) is 58.4 Å². The van der Waals surface area contributed by atoms with Crippen LogP contribution in [0.3, 0.4) is 0 Å². The fourth-order valence-corrected chi connectivity index (χ4v) is 3.79. The van der Waals surface area contributed by atoms with E-state index < -0.39 is 5.97 Å². The number of rotatable bonds is 7. The molecule has 0 amide bonds. The van der Waals surface area contributed by atoms with Crippen molar-refractivity contribution in [3.8, 4) is 27.8 Å². The van der Waals surface area contributed by atoms with E-state index in [4.69, 9.17) is 25.6 Å². The number of carbonyl (C=O) groups excluding carboxylic acids is 1. The highest BCUT2D eigenvalue weighted by molar-refractivity contribution is 7.13. The van der Waals surface area contributed by atoms with Gasteiger partial charge in [0.25, 0.3) is 5.89 Å². The Morgan fingerprint density at radius 1 is 1.13 bits per heavy atom. The molecule has 30 heavy (non-hydrogen) atoms. The summed E-state index contributed by atoms with van der Waals surface area (Å²) in [4.78, 5) is 20.9. The fraction of sp³-hybridized carbons (Fsp3) is 0.143. The van der Waals surface area contributed by atoms with E-state index in [-0.39, 0.29) is 18.9 Å². The van der Waals surface area contributed by atoms with Crippen molar-refractivity contribution in [3.63, 3.8) is 0 Å². The Hall–Kier alpha value is -3.23. The van der Waals surface area contributed by atoms with Crippen molar-refractivity contribution in [2.75, 3.05) is 7.11 Å². The van der Waals surface area contributed by atoms with Crippen LogP contribution in [0.4, 0.5) is 0 Å². The van der Waals surface area contributed by atoms with Crippen LogP contribution in [0.1, 0.15) is 11.5 Å². The molecule has 7 nitrogen and oxygen atoms in total. The number of hydrogen-bond acceptors (Lipinski definition) is 8. The van der Waals surface area contributed by atoms with Gasteiger partial charge in [-0.05, 0) is 30.3 Å². The van der Waals surface area contributed by atoms with E-state index in [1.165, 1.54) is 11.3 Å². The zero-order valence-corrected chi connectivity index (χ0v) is 17.4. The summed E-state index contributed by atoms with van der Waals surface area (Å²) < 4.78 is 15.6. The monoisotopic (exact) mass is 441 g/mol. The lowest BCUT2D eigenvalue weighted by molar-refractivity contribution is -0.144. The van der Waals surface area contributed by atoms with Crippen LogP contribution in [0, 0.1) is 0 Å². The zero-order chi connectivity index (χ0) is 20.9. The molecule has 0 bridgehead atoms. The van der Waals surface area contributed by atoms with E-state index in [0.717, 1.165) is 21.9 Å². The third-order valence-corrected chi connectivity index (χ3v) is 5.40. The standard InChI is InChI=1S/C21H16ClN3O4S/c1-27-15-8-6-13(7-9-15)20-24-18(25-29-20)11-28-19(26)10-14-12-30-21(23-14)16-4-2-3-5-17(16)22/h2-9,12H,10-11H2,1H3. The van der Waals surface area contributed by atoms with E-state index in [1.807, 2.05) is 23.6 Å². The van der Waals surface area contributed by atoms with Gasteiger partial charge in [-0.3, -0.25) is 4.79 Å². The number of halogens is 1. The largest absolute Gasteiger partial charge is 0.497 e. The summed E-state index contributed by atoms with van der Waals surface area (Å²) in [7, 11) is 1.59. The van der Waals surface area contributed by atoms with E-state index in [0.29, 0.717) is 16.6 Å². The van der Waals surface area contributed by atoms with Gasteiger partial charge in [0.1, 0.15) is 10.8 Å². The zero-order valence-electron chi connectivity index (χ0n) is 15.9. The van der Waals surface area contributed by atoms with Crippen LogP contribution < -0.4 is 4.74 Å². The van der Waals surface area contributed by atoms with Crippen molar-refractivity contribution in [1.29, 1.82) is 0 Å². The van der Waals surface area contributed by atoms with Crippen LogP contribution >= 0.6 is 22.9 Å². The summed E-state index contributed by atoms with van der Waals surface area (Å²) in [6, 6.07) is 14.6. The molecule has 0 atom stereocenters. The van der Waals surface area contributed by atoms with Crippen molar-refractivity contribution in [2.24, 2.45) is 0 Å². The van der Waals surface area contributed by atoms with Crippen LogP contribution in [0.5, 0.6) is 5.75 Å². The molecule has 2 heterocycles. The summed E-state index contributed by atoms with van der Waals surface area (Å²) in [5.41, 5.74) is 2.20. The van der Waals surface area contributed by atoms with Crippen LogP contribution in [-0.4, -0.2) is 28.2 Å². The molecule has 0 N–H and O–H groups in total. The topological polar surface area (TPSA) is 87.3 Å². The van der Waals surface area contributed by atoms with E-state index in [1.54, 1.807) is 37.4 Å². The number of thiazole rings is 1. The maximum atomic E-state index is 12.2. The van der Waals surface area contributed by atoms with Gasteiger partial charge < -0.3 is 14.0 Å². The molecule has 4 aromatic rings. The van der Waals surface area contributed by atoms with Gasteiger partial charge >= 0.3 is 5.97 Å². The highest BCUT2D eigenvalue weighted by atomic mass is 35.5. The van der Waals surface area contributed by atoms with Gasteiger partial charge in [-0.15, -0.1) is 11.3 Å². The van der Waals surface area contributed by atoms with Crippen LogP contribution in [0.25, 0.3) is 22.0 Å². The first-order valence-corrected chi connectivity index (χ1v) is 10.2. The summed E-state index contributed by atoms with van der Waals surface area (Å²) in [5.74, 6) is 0.922. The molecular weight excluding hydrogens is 426 g/mol. The number of carbonyl (C=O) groups is 1. The van der Waals surface area contributed by atoms with E-state index >= 15 is 0 Å². The number of benzene rings is 2. The van der Waals surface area contributed by atoms with E-state index in [9.17, 15) is 4.79 Å². The third kappa shape index (κ3) is 4.67. The predicted molar refractivity (Wildman–Crippen MR) is 112 cm³/mol. The maximum Gasteiger partial charge on any atom is 0.312 e. The molecule has 0 saturated carbocycles. The summed E-state index contributed by atoms with van der Waals surface area (Å²) >= 11 is 7.62. The molecule has 0 radical (unpaired) electrons. The minimum Gasteiger partial charge on any atom is -0.497 e. The minimum absolute atomic E-state index is 0.0458. The first kappa shape index (κ1) is 20.1. The Balaban J connectivity index is 1.33. The van der Waals surface area contributed by atoms with E-state index in [2.05, 4.69) is 15.1 Å². The first-order chi connectivity index (χ1) is 14.6. The molecule has 2 aromatic carbocycles. The van der Waals surface area contributed by atoms with Crippen molar-refractivity contribution < 1.29 is 18.8 Å². The van der Waals surface area contributed by atoms with Gasteiger partial charge in [0, 0.05) is 16.5 Å². The number of esters is 1. The molecule has 0 aliphatic heterocycles. The Morgan fingerprint density at radius 2 is 1.93 bits per heavy atom. The molecule has 0 saturated heterocycles. The molecule has 0 spiro atoms. The average molecular weight is 442 g/mol. The smallest absolute Gasteiger partial charge is 0.312 e. The first-order valence-electron chi connectivity index (χ1n) is 8.94. The van der Waals surface area contributed by atoms with Crippen molar-refractivity contribution in [1.82, 2.24) is 15.1 Å². The second-order valence-corrected chi connectivity index (χ2v) is 7.47. The Kier molecular flexibility index (Phi) is 6.06. The molecule has 152 valence electrons. The minimum atomic E-state index is -0.429. The second-order valence-electron chi connectivity index (χ2n) is 6.21. The van der Waals surface area contributed by atoms with Gasteiger partial charge in [-0.2, -0.15) is 4.98 Å². The summed E-state index contributed by atoms with van der Waals surface area (Å²) in [6.07, 6.45) is 0.0458. The van der Waals surface area contributed by atoms with Gasteiger partial charge in [0.2, 0.25) is 5.82 Å².